The fourth-order valence-electron chi connectivity index (χ4n) is 2.32. The summed E-state index contributed by atoms with van der Waals surface area (Å²) in [5, 5.41) is 9.23. The molecule has 1 N–H and O–H groups in total. The first-order chi connectivity index (χ1) is 10.1. The highest BCUT2D eigenvalue weighted by Gasteiger charge is 2.08. The van der Waals surface area contributed by atoms with E-state index in [9.17, 15) is 9.50 Å². The molecule has 0 atom stereocenters. The first-order valence-electron chi connectivity index (χ1n) is 6.58. The summed E-state index contributed by atoms with van der Waals surface area (Å²) in [7, 11) is 1.83. The van der Waals surface area contributed by atoms with E-state index in [1.165, 1.54) is 12.1 Å². The molecule has 0 aliphatic heterocycles. The van der Waals surface area contributed by atoms with Gasteiger partial charge in [-0.15, -0.1) is 0 Å². The van der Waals surface area contributed by atoms with Crippen molar-refractivity contribution < 1.29 is 14.2 Å². The molecule has 0 aliphatic carbocycles. The number of aryl methyl sites for hydroxylation is 2. The van der Waals surface area contributed by atoms with Crippen molar-refractivity contribution >= 4 is 11.0 Å². The Balaban J connectivity index is 1.99. The molecule has 1 aromatic heterocycles. The number of imidazole rings is 1. The number of nitrogens with zero attached hydrogens (tertiary/aromatic N) is 2. The van der Waals surface area contributed by atoms with Crippen LogP contribution in [0.5, 0.6) is 11.5 Å². The number of aromatic nitrogens is 2. The van der Waals surface area contributed by atoms with Gasteiger partial charge in [-0.3, -0.25) is 0 Å². The molecule has 21 heavy (non-hydrogen) atoms. The smallest absolute Gasteiger partial charge is 0.135 e. The molecule has 4 nitrogen and oxygen atoms in total. The average Bonchev–Trinajstić information content (AvgIpc) is 2.74. The Hall–Kier alpha value is -2.40. The van der Waals surface area contributed by atoms with E-state index >= 15 is 0 Å². The van der Waals surface area contributed by atoms with Crippen LogP contribution in [0.1, 0.15) is 11.4 Å². The Bertz CT molecular complexity index is 791. The maximum absolute atomic E-state index is 13.4. The third kappa shape index (κ3) is 2.60. The highest BCUT2D eigenvalue weighted by atomic mass is 19.1. The molecule has 108 valence electrons. The maximum atomic E-state index is 13.4. The minimum atomic E-state index is -0.325. The van der Waals surface area contributed by atoms with Crippen LogP contribution < -0.4 is 4.74 Å². The second kappa shape index (κ2) is 5.18. The van der Waals surface area contributed by atoms with Crippen LogP contribution in [0, 0.1) is 12.7 Å². The maximum Gasteiger partial charge on any atom is 0.135 e. The Kier molecular flexibility index (Phi) is 3.35. The van der Waals surface area contributed by atoms with E-state index in [4.69, 9.17) is 4.74 Å². The van der Waals surface area contributed by atoms with Crippen molar-refractivity contribution in [3.8, 4) is 11.5 Å². The largest absolute Gasteiger partial charge is 0.457 e. The van der Waals surface area contributed by atoms with Gasteiger partial charge >= 0.3 is 0 Å². The molecule has 3 rings (SSSR count). The molecule has 2 aromatic carbocycles. The summed E-state index contributed by atoms with van der Waals surface area (Å²) < 4.78 is 20.9. The Labute approximate surface area is 121 Å². The van der Waals surface area contributed by atoms with Gasteiger partial charge in [0.05, 0.1) is 11.0 Å². The molecule has 0 saturated carbocycles. The van der Waals surface area contributed by atoms with E-state index in [0.29, 0.717) is 17.3 Å². The molecule has 0 fully saturated rings. The molecule has 3 aromatic rings. The van der Waals surface area contributed by atoms with Crippen LogP contribution >= 0.6 is 0 Å². The van der Waals surface area contributed by atoms with Crippen molar-refractivity contribution in [3.63, 3.8) is 0 Å². The summed E-state index contributed by atoms with van der Waals surface area (Å²) in [4.78, 5) is 4.30. The average molecular weight is 286 g/mol. The van der Waals surface area contributed by atoms with Crippen molar-refractivity contribution in [2.45, 2.75) is 13.5 Å². The van der Waals surface area contributed by atoms with Crippen molar-refractivity contribution in [2.24, 2.45) is 7.05 Å². The lowest BCUT2D eigenvalue weighted by Crippen LogP contribution is -1.96. The fourth-order valence-corrected chi connectivity index (χ4v) is 2.32. The van der Waals surface area contributed by atoms with Crippen molar-refractivity contribution in [2.75, 3.05) is 0 Å². The summed E-state index contributed by atoms with van der Waals surface area (Å²) in [5.41, 5.74) is 2.43. The van der Waals surface area contributed by atoms with Crippen LogP contribution in [0.2, 0.25) is 0 Å². The van der Waals surface area contributed by atoms with Gasteiger partial charge < -0.3 is 14.4 Å². The number of hydrogen-bond acceptors (Lipinski definition) is 3. The van der Waals surface area contributed by atoms with Crippen molar-refractivity contribution in [1.82, 2.24) is 9.55 Å². The van der Waals surface area contributed by atoms with Gasteiger partial charge in [-0.05, 0) is 36.8 Å². The molecule has 0 aliphatic rings. The third-order valence-corrected chi connectivity index (χ3v) is 3.34. The quantitative estimate of drug-likeness (QED) is 0.803. The molecule has 0 unspecified atom stereocenters. The topological polar surface area (TPSA) is 47.3 Å². The molecular weight excluding hydrogens is 271 g/mol. The number of ether oxygens (including phenoxy) is 1. The number of benzene rings is 2. The van der Waals surface area contributed by atoms with Gasteiger partial charge in [0, 0.05) is 19.2 Å². The highest BCUT2D eigenvalue weighted by Crippen LogP contribution is 2.27. The minimum absolute atomic E-state index is 0.121. The van der Waals surface area contributed by atoms with Crippen LogP contribution in [0.3, 0.4) is 0 Å². The lowest BCUT2D eigenvalue weighted by atomic mass is 10.2. The van der Waals surface area contributed by atoms with E-state index < -0.39 is 0 Å². The Morgan fingerprint density at radius 3 is 2.71 bits per heavy atom. The van der Waals surface area contributed by atoms with E-state index in [1.54, 1.807) is 16.7 Å². The van der Waals surface area contributed by atoms with E-state index in [1.807, 2.05) is 26.1 Å². The lowest BCUT2D eigenvalue weighted by molar-refractivity contribution is 0.268. The second-order valence-electron chi connectivity index (χ2n) is 4.96. The summed E-state index contributed by atoms with van der Waals surface area (Å²) in [6.07, 6.45) is 0. The standard InChI is InChI=1S/C16H15FN2O2/c1-10-5-11(17)7-13(6-10)21-12-3-4-14-15(8-12)19(2)16(9-20)18-14/h3-8,20H,9H2,1-2H3. The molecule has 0 radical (unpaired) electrons. The van der Waals surface area contributed by atoms with Gasteiger partial charge in [-0.25, -0.2) is 9.37 Å². The van der Waals surface area contributed by atoms with Crippen molar-refractivity contribution in [1.29, 1.82) is 0 Å². The molecule has 0 saturated heterocycles. The molecule has 0 amide bonds. The van der Waals surface area contributed by atoms with Crippen LogP contribution in [-0.2, 0) is 13.7 Å². The SMILES string of the molecule is Cc1cc(F)cc(Oc2ccc3nc(CO)n(C)c3c2)c1. The Morgan fingerprint density at radius 2 is 2.00 bits per heavy atom. The molecule has 5 heteroatoms. The van der Waals surface area contributed by atoms with Crippen LogP contribution in [0.25, 0.3) is 11.0 Å². The summed E-state index contributed by atoms with van der Waals surface area (Å²) in [6.45, 7) is 1.69. The predicted molar refractivity (Wildman–Crippen MR) is 77.8 cm³/mol. The highest BCUT2D eigenvalue weighted by molar-refractivity contribution is 5.77. The zero-order valence-corrected chi connectivity index (χ0v) is 11.8. The van der Waals surface area contributed by atoms with Crippen LogP contribution in [0.15, 0.2) is 36.4 Å². The normalized spacial score (nSPS) is 11.0. The Morgan fingerprint density at radius 1 is 1.19 bits per heavy atom. The van der Waals surface area contributed by atoms with Crippen LogP contribution in [0.4, 0.5) is 4.39 Å². The fraction of sp³-hybridized carbons (Fsp3) is 0.188. The number of hydrogen-bond donors (Lipinski definition) is 1. The van der Waals surface area contributed by atoms with E-state index in [2.05, 4.69) is 4.98 Å². The third-order valence-electron chi connectivity index (χ3n) is 3.34. The zero-order chi connectivity index (χ0) is 15.0. The van der Waals surface area contributed by atoms with Gasteiger partial charge in [-0.2, -0.15) is 0 Å². The summed E-state index contributed by atoms with van der Waals surface area (Å²) in [5.74, 6) is 1.31. The number of fused-ring (bicyclic) bond motifs is 1. The molecule has 0 spiro atoms. The lowest BCUT2D eigenvalue weighted by Gasteiger charge is -2.07. The van der Waals surface area contributed by atoms with Gasteiger partial charge in [0.15, 0.2) is 0 Å². The van der Waals surface area contributed by atoms with Crippen molar-refractivity contribution in [3.05, 3.63) is 53.6 Å². The number of rotatable bonds is 3. The monoisotopic (exact) mass is 286 g/mol. The van der Waals surface area contributed by atoms with Gasteiger partial charge in [0.2, 0.25) is 0 Å². The second-order valence-corrected chi connectivity index (χ2v) is 4.96. The number of aliphatic hydroxyl groups excluding tert-OH is 1. The summed E-state index contributed by atoms with van der Waals surface area (Å²) in [6, 6.07) is 9.98. The van der Waals surface area contributed by atoms with Gasteiger partial charge in [0.1, 0.15) is 29.7 Å². The first kappa shape index (κ1) is 13.6. The number of aliphatic hydroxyl groups is 1. The minimum Gasteiger partial charge on any atom is -0.457 e. The predicted octanol–water partition coefficient (Wildman–Crippen LogP) is 3.31. The molecule has 0 bridgehead atoms. The van der Waals surface area contributed by atoms with Gasteiger partial charge in [0.25, 0.3) is 0 Å². The summed E-state index contributed by atoms with van der Waals surface area (Å²) >= 11 is 0. The number of halogens is 1. The molecule has 1 heterocycles. The van der Waals surface area contributed by atoms with E-state index in [-0.39, 0.29) is 12.4 Å². The van der Waals surface area contributed by atoms with E-state index in [0.717, 1.165) is 16.6 Å². The van der Waals surface area contributed by atoms with Crippen LogP contribution in [-0.4, -0.2) is 14.7 Å². The zero-order valence-electron chi connectivity index (χ0n) is 11.8. The first-order valence-corrected chi connectivity index (χ1v) is 6.58. The van der Waals surface area contributed by atoms with Gasteiger partial charge in [-0.1, -0.05) is 0 Å². The molecular formula is C16H15FN2O2.